The number of aromatic amines is 1. The minimum Gasteiger partial charge on any atom is -0.336 e. The van der Waals surface area contributed by atoms with Gasteiger partial charge in [-0.2, -0.15) is 5.10 Å². The number of nitrogens with zero attached hydrogens (tertiary/aromatic N) is 3. The number of rotatable bonds is 4. The molecule has 134 valence electrons. The number of hydrogen-bond acceptors (Lipinski definition) is 3. The van der Waals surface area contributed by atoms with Gasteiger partial charge in [0.2, 0.25) is 5.91 Å². The van der Waals surface area contributed by atoms with Crippen molar-refractivity contribution in [2.24, 2.45) is 0 Å². The molecule has 0 radical (unpaired) electrons. The summed E-state index contributed by atoms with van der Waals surface area (Å²) in [4.78, 5) is 29.7. The zero-order valence-electron chi connectivity index (χ0n) is 15.2. The van der Waals surface area contributed by atoms with Gasteiger partial charge in [-0.15, -0.1) is 0 Å². The molecule has 1 amide bonds. The molecule has 0 unspecified atom stereocenters. The van der Waals surface area contributed by atoms with Crippen LogP contribution in [0.5, 0.6) is 0 Å². The largest absolute Gasteiger partial charge is 0.336 e. The second kappa shape index (κ2) is 7.25. The number of H-pyrrole nitrogens is 1. The van der Waals surface area contributed by atoms with Crippen LogP contribution in [0.25, 0.3) is 17.1 Å². The molecule has 1 aliphatic rings. The molecular weight excluding hydrogens is 316 g/mol. The van der Waals surface area contributed by atoms with Crippen LogP contribution < -0.4 is 5.56 Å². The number of amides is 1. The standard InChI is InChI=1S/C19H26N4O2/c1-4-16-7-5-6-10-22(16)17(24)9-8-14-11-15-12-20-23(13(2)3)18(15)21-19(14)25/h8-9,11-13,16H,4-7,10H2,1-3H3,(H,21,25)/b9-8-/t16-/m0/s1. The summed E-state index contributed by atoms with van der Waals surface area (Å²) in [6.45, 7) is 6.95. The molecule has 0 saturated carbocycles. The summed E-state index contributed by atoms with van der Waals surface area (Å²) in [7, 11) is 0. The van der Waals surface area contributed by atoms with Gasteiger partial charge < -0.3 is 9.88 Å². The second-order valence-electron chi connectivity index (χ2n) is 6.96. The number of hydrogen-bond donors (Lipinski definition) is 1. The van der Waals surface area contributed by atoms with Crippen molar-refractivity contribution < 1.29 is 4.79 Å². The second-order valence-corrected chi connectivity index (χ2v) is 6.96. The van der Waals surface area contributed by atoms with E-state index in [4.69, 9.17) is 0 Å². The number of fused-ring (bicyclic) bond motifs is 1. The van der Waals surface area contributed by atoms with Crippen molar-refractivity contribution >= 4 is 23.0 Å². The number of nitrogens with one attached hydrogen (secondary N) is 1. The molecule has 0 spiro atoms. The van der Waals surface area contributed by atoms with Crippen LogP contribution in [-0.4, -0.2) is 38.2 Å². The predicted octanol–water partition coefficient (Wildman–Crippen LogP) is 3.11. The smallest absolute Gasteiger partial charge is 0.256 e. The highest BCUT2D eigenvalue weighted by Crippen LogP contribution is 2.20. The normalized spacial score (nSPS) is 18.6. The Kier molecular flexibility index (Phi) is 5.06. The predicted molar refractivity (Wildman–Crippen MR) is 99.4 cm³/mol. The molecule has 1 aliphatic heterocycles. The highest BCUT2D eigenvalue weighted by atomic mass is 16.2. The molecule has 0 aromatic carbocycles. The van der Waals surface area contributed by atoms with Crippen molar-refractivity contribution in [1.82, 2.24) is 19.7 Å². The van der Waals surface area contributed by atoms with E-state index in [1.54, 1.807) is 23.0 Å². The highest BCUT2D eigenvalue weighted by Gasteiger charge is 2.23. The average molecular weight is 342 g/mol. The van der Waals surface area contributed by atoms with E-state index < -0.39 is 0 Å². The molecule has 6 heteroatoms. The van der Waals surface area contributed by atoms with Crippen LogP contribution in [0.2, 0.25) is 0 Å². The maximum Gasteiger partial charge on any atom is 0.256 e. The third kappa shape index (κ3) is 3.52. The van der Waals surface area contributed by atoms with Gasteiger partial charge in [-0.1, -0.05) is 6.92 Å². The van der Waals surface area contributed by atoms with Gasteiger partial charge in [0, 0.05) is 35.7 Å². The molecular formula is C19H26N4O2. The van der Waals surface area contributed by atoms with E-state index in [2.05, 4.69) is 17.0 Å². The van der Waals surface area contributed by atoms with Gasteiger partial charge in [0.25, 0.3) is 5.56 Å². The monoisotopic (exact) mass is 342 g/mol. The van der Waals surface area contributed by atoms with Crippen molar-refractivity contribution in [3.63, 3.8) is 0 Å². The van der Waals surface area contributed by atoms with E-state index in [1.165, 1.54) is 12.5 Å². The van der Waals surface area contributed by atoms with Gasteiger partial charge in [0.15, 0.2) is 0 Å². The van der Waals surface area contributed by atoms with Crippen LogP contribution in [0.4, 0.5) is 0 Å². The van der Waals surface area contributed by atoms with Gasteiger partial charge in [-0.25, -0.2) is 4.68 Å². The fourth-order valence-corrected chi connectivity index (χ4v) is 3.51. The number of piperidine rings is 1. The Balaban J connectivity index is 1.84. The Morgan fingerprint density at radius 2 is 2.24 bits per heavy atom. The summed E-state index contributed by atoms with van der Waals surface area (Å²) in [6, 6.07) is 2.27. The number of carbonyl (C=O) groups is 1. The fraction of sp³-hybridized carbons (Fsp3) is 0.526. The molecule has 2 aromatic heterocycles. The van der Waals surface area contributed by atoms with E-state index in [1.807, 2.05) is 18.7 Å². The summed E-state index contributed by atoms with van der Waals surface area (Å²) in [6.07, 6.45) is 9.16. The van der Waals surface area contributed by atoms with Crippen LogP contribution >= 0.6 is 0 Å². The molecule has 0 bridgehead atoms. The quantitative estimate of drug-likeness (QED) is 0.868. The van der Waals surface area contributed by atoms with Crippen LogP contribution in [0, 0.1) is 0 Å². The van der Waals surface area contributed by atoms with Crippen molar-refractivity contribution in [2.45, 2.75) is 58.5 Å². The highest BCUT2D eigenvalue weighted by molar-refractivity contribution is 5.92. The Morgan fingerprint density at radius 3 is 2.96 bits per heavy atom. The lowest BCUT2D eigenvalue weighted by Gasteiger charge is -2.34. The lowest BCUT2D eigenvalue weighted by atomic mass is 10.00. The van der Waals surface area contributed by atoms with E-state index in [9.17, 15) is 9.59 Å². The molecule has 0 aliphatic carbocycles. The van der Waals surface area contributed by atoms with Gasteiger partial charge in [-0.05, 0) is 51.7 Å². The number of aromatic nitrogens is 3. The maximum absolute atomic E-state index is 12.5. The molecule has 3 heterocycles. The first-order valence-electron chi connectivity index (χ1n) is 9.10. The van der Waals surface area contributed by atoms with Crippen molar-refractivity contribution in [2.75, 3.05) is 6.54 Å². The Labute approximate surface area is 147 Å². The molecule has 6 nitrogen and oxygen atoms in total. The van der Waals surface area contributed by atoms with E-state index in [-0.39, 0.29) is 17.5 Å². The first-order valence-corrected chi connectivity index (χ1v) is 9.10. The van der Waals surface area contributed by atoms with Crippen LogP contribution in [0.1, 0.15) is 58.1 Å². The van der Waals surface area contributed by atoms with Crippen molar-refractivity contribution in [1.29, 1.82) is 0 Å². The summed E-state index contributed by atoms with van der Waals surface area (Å²) >= 11 is 0. The van der Waals surface area contributed by atoms with Crippen LogP contribution in [0.3, 0.4) is 0 Å². The molecule has 3 rings (SSSR count). The third-order valence-electron chi connectivity index (χ3n) is 4.90. The SMILES string of the molecule is CC[C@H]1CCCCN1C(=O)/C=C\c1cc2cnn(C(C)C)c2[nH]c1=O. The van der Waals surface area contributed by atoms with Gasteiger partial charge in [-0.3, -0.25) is 9.59 Å². The number of likely N-dealkylation sites (tertiary alicyclic amines) is 1. The van der Waals surface area contributed by atoms with Crippen molar-refractivity contribution in [3.05, 3.63) is 34.3 Å². The first-order chi connectivity index (χ1) is 12.0. The Hall–Kier alpha value is -2.37. The molecule has 1 N–H and O–H groups in total. The molecule has 1 fully saturated rings. The molecule has 1 atom stereocenters. The lowest BCUT2D eigenvalue weighted by molar-refractivity contribution is -0.129. The summed E-state index contributed by atoms with van der Waals surface area (Å²) < 4.78 is 1.79. The van der Waals surface area contributed by atoms with Crippen molar-refractivity contribution in [3.8, 4) is 0 Å². The van der Waals surface area contributed by atoms with Gasteiger partial charge in [0.05, 0.1) is 6.20 Å². The lowest BCUT2D eigenvalue weighted by Crippen LogP contribution is -2.42. The first kappa shape index (κ1) is 17.5. The summed E-state index contributed by atoms with van der Waals surface area (Å²) in [5.41, 5.74) is 0.990. The van der Waals surface area contributed by atoms with E-state index >= 15 is 0 Å². The minimum absolute atomic E-state index is 0.0103. The van der Waals surface area contributed by atoms with Crippen LogP contribution in [-0.2, 0) is 4.79 Å². The third-order valence-corrected chi connectivity index (χ3v) is 4.90. The van der Waals surface area contributed by atoms with E-state index in [0.717, 1.165) is 31.2 Å². The Morgan fingerprint density at radius 1 is 1.44 bits per heavy atom. The van der Waals surface area contributed by atoms with Gasteiger partial charge >= 0.3 is 0 Å². The average Bonchev–Trinajstić information content (AvgIpc) is 3.02. The zero-order valence-corrected chi connectivity index (χ0v) is 15.2. The maximum atomic E-state index is 12.5. The topological polar surface area (TPSA) is 71.0 Å². The summed E-state index contributed by atoms with van der Waals surface area (Å²) in [5.74, 6) is -0.0103. The number of carbonyl (C=O) groups excluding carboxylic acids is 1. The minimum atomic E-state index is -0.204. The van der Waals surface area contributed by atoms with Gasteiger partial charge in [0.1, 0.15) is 5.65 Å². The summed E-state index contributed by atoms with van der Waals surface area (Å²) in [5, 5.41) is 5.18. The fourth-order valence-electron chi connectivity index (χ4n) is 3.51. The molecule has 25 heavy (non-hydrogen) atoms. The van der Waals surface area contributed by atoms with Crippen LogP contribution in [0.15, 0.2) is 23.1 Å². The molecule has 1 saturated heterocycles. The zero-order chi connectivity index (χ0) is 18.0. The number of pyridine rings is 1. The Bertz CT molecular complexity index is 847. The van der Waals surface area contributed by atoms with E-state index in [0.29, 0.717) is 17.3 Å². The molecule has 2 aromatic rings.